The minimum Gasteiger partial charge on any atom is -0.490 e. The summed E-state index contributed by atoms with van der Waals surface area (Å²) in [5, 5.41) is 5.36. The number of ether oxygens (including phenoxy) is 1. The van der Waals surface area contributed by atoms with Crippen molar-refractivity contribution >= 4 is 10.8 Å². The van der Waals surface area contributed by atoms with E-state index in [4.69, 9.17) is 4.74 Å². The molecule has 3 nitrogen and oxygen atoms in total. The maximum atomic E-state index is 14.2. The molecule has 0 radical (unpaired) electrons. The van der Waals surface area contributed by atoms with Gasteiger partial charge in [0.1, 0.15) is 17.7 Å². The maximum absolute atomic E-state index is 14.2. The zero-order chi connectivity index (χ0) is 18.1. The van der Waals surface area contributed by atoms with Gasteiger partial charge in [-0.2, -0.15) is 0 Å². The van der Waals surface area contributed by atoms with Crippen LogP contribution in [0.4, 0.5) is 4.39 Å². The number of hydrogen-bond donors (Lipinski definition) is 1. The minimum absolute atomic E-state index is 0.168. The number of nitrogens with one attached hydrogen (secondary N) is 1. The first-order valence-electron chi connectivity index (χ1n) is 9.08. The van der Waals surface area contributed by atoms with Crippen LogP contribution in [0.2, 0.25) is 0 Å². The maximum Gasteiger partial charge on any atom is 0.128 e. The van der Waals surface area contributed by atoms with Crippen LogP contribution in [-0.4, -0.2) is 17.1 Å². The highest BCUT2D eigenvalue weighted by atomic mass is 19.1. The van der Waals surface area contributed by atoms with Crippen LogP contribution in [0.5, 0.6) is 5.75 Å². The third-order valence-electron chi connectivity index (χ3n) is 5.32. The van der Waals surface area contributed by atoms with Crippen LogP contribution in [-0.2, 0) is 6.54 Å². The van der Waals surface area contributed by atoms with Crippen molar-refractivity contribution in [2.75, 3.05) is 0 Å². The quantitative estimate of drug-likeness (QED) is 0.725. The highest BCUT2D eigenvalue weighted by Gasteiger charge is 2.30. The number of aromatic nitrogens is 1. The molecule has 4 heteroatoms. The number of aryl methyl sites for hydroxylation is 2. The van der Waals surface area contributed by atoms with E-state index < -0.39 is 0 Å². The molecular formula is C22H23FN2O. The molecule has 1 aliphatic carbocycles. The molecule has 1 N–H and O–H groups in total. The van der Waals surface area contributed by atoms with Crippen LogP contribution in [0.25, 0.3) is 10.8 Å². The summed E-state index contributed by atoms with van der Waals surface area (Å²) < 4.78 is 20.3. The summed E-state index contributed by atoms with van der Waals surface area (Å²) in [5.41, 5.74) is 3.23. The van der Waals surface area contributed by atoms with E-state index in [2.05, 4.69) is 36.3 Å². The van der Waals surface area contributed by atoms with E-state index in [-0.39, 0.29) is 11.9 Å². The first-order chi connectivity index (χ1) is 12.6. The number of halogens is 1. The molecule has 134 valence electrons. The standard InChI is InChI=1S/C22H23FN2O/c1-14-3-5-18(9-15(14)2)26-19-10-17(11-19)25-13-21-20-7-8-24-12-16(20)4-6-22(21)23/h3-9,12,17,19,25H,10-11,13H2,1-2H3/t17-,19-. The second-order valence-corrected chi connectivity index (χ2v) is 7.16. The lowest BCUT2D eigenvalue weighted by Gasteiger charge is -2.36. The van der Waals surface area contributed by atoms with Crippen LogP contribution >= 0.6 is 0 Å². The molecule has 2 aromatic carbocycles. The number of rotatable bonds is 5. The summed E-state index contributed by atoms with van der Waals surface area (Å²) in [5.74, 6) is 0.766. The molecule has 0 atom stereocenters. The Morgan fingerprint density at radius 3 is 2.77 bits per heavy atom. The molecule has 1 saturated carbocycles. The largest absolute Gasteiger partial charge is 0.490 e. The van der Waals surface area contributed by atoms with Crippen molar-refractivity contribution in [1.82, 2.24) is 10.3 Å². The smallest absolute Gasteiger partial charge is 0.128 e. The first kappa shape index (κ1) is 17.0. The van der Waals surface area contributed by atoms with Gasteiger partial charge in [-0.15, -0.1) is 0 Å². The second kappa shape index (κ2) is 7.04. The molecule has 0 unspecified atom stereocenters. The van der Waals surface area contributed by atoms with Crippen LogP contribution in [0.3, 0.4) is 0 Å². The average Bonchev–Trinajstić information content (AvgIpc) is 2.61. The molecule has 0 aliphatic heterocycles. The lowest BCUT2D eigenvalue weighted by atomic mass is 9.89. The molecule has 0 saturated heterocycles. The van der Waals surface area contributed by atoms with Crippen molar-refractivity contribution < 1.29 is 9.13 Å². The van der Waals surface area contributed by atoms with Gasteiger partial charge < -0.3 is 10.1 Å². The Labute approximate surface area is 153 Å². The van der Waals surface area contributed by atoms with Crippen molar-refractivity contribution in [3.05, 3.63) is 71.3 Å². The highest BCUT2D eigenvalue weighted by molar-refractivity contribution is 5.84. The van der Waals surface area contributed by atoms with E-state index in [1.165, 1.54) is 17.2 Å². The number of pyridine rings is 1. The van der Waals surface area contributed by atoms with Crippen molar-refractivity contribution in [1.29, 1.82) is 0 Å². The first-order valence-corrected chi connectivity index (χ1v) is 9.08. The lowest BCUT2D eigenvalue weighted by molar-refractivity contribution is 0.0842. The van der Waals surface area contributed by atoms with Crippen molar-refractivity contribution in [2.45, 2.75) is 45.4 Å². The Bertz CT molecular complexity index is 935. The Hall–Kier alpha value is -2.46. The van der Waals surface area contributed by atoms with Gasteiger partial charge in [-0.05, 0) is 73.5 Å². The van der Waals surface area contributed by atoms with Gasteiger partial charge in [0, 0.05) is 35.9 Å². The SMILES string of the molecule is Cc1ccc(O[C@H]2C[C@H](NCc3c(F)ccc4cnccc34)C2)cc1C. The highest BCUT2D eigenvalue weighted by Crippen LogP contribution is 2.28. The Kier molecular flexibility index (Phi) is 4.60. The summed E-state index contributed by atoms with van der Waals surface area (Å²) in [6.45, 7) is 4.72. The Balaban J connectivity index is 1.34. The third-order valence-corrected chi connectivity index (χ3v) is 5.32. The van der Waals surface area contributed by atoms with Gasteiger partial charge in [0.2, 0.25) is 0 Å². The van der Waals surface area contributed by atoms with Gasteiger partial charge in [0.15, 0.2) is 0 Å². The van der Waals surface area contributed by atoms with Crippen LogP contribution in [0.15, 0.2) is 48.8 Å². The minimum atomic E-state index is -0.168. The van der Waals surface area contributed by atoms with Gasteiger partial charge in [-0.1, -0.05) is 6.07 Å². The molecule has 1 aromatic heterocycles. The fraction of sp³-hybridized carbons (Fsp3) is 0.318. The number of nitrogens with zero attached hydrogens (tertiary/aromatic N) is 1. The van der Waals surface area contributed by atoms with Crippen LogP contribution < -0.4 is 10.1 Å². The molecule has 0 bridgehead atoms. The van der Waals surface area contributed by atoms with E-state index in [1.807, 2.05) is 12.1 Å². The lowest BCUT2D eigenvalue weighted by Crippen LogP contribution is -2.46. The second-order valence-electron chi connectivity index (χ2n) is 7.16. The number of fused-ring (bicyclic) bond motifs is 1. The Morgan fingerprint density at radius 2 is 1.96 bits per heavy atom. The van der Waals surface area contributed by atoms with E-state index in [9.17, 15) is 4.39 Å². The molecular weight excluding hydrogens is 327 g/mol. The van der Waals surface area contributed by atoms with Crippen LogP contribution in [0.1, 0.15) is 29.5 Å². The third kappa shape index (κ3) is 3.42. The van der Waals surface area contributed by atoms with E-state index in [1.54, 1.807) is 18.5 Å². The zero-order valence-corrected chi connectivity index (χ0v) is 15.1. The topological polar surface area (TPSA) is 34.1 Å². The number of benzene rings is 2. The Morgan fingerprint density at radius 1 is 1.12 bits per heavy atom. The molecule has 0 amide bonds. The van der Waals surface area contributed by atoms with Gasteiger partial charge in [-0.25, -0.2) is 4.39 Å². The van der Waals surface area contributed by atoms with E-state index in [0.29, 0.717) is 18.2 Å². The molecule has 3 aromatic rings. The van der Waals surface area contributed by atoms with Crippen molar-refractivity contribution in [3.63, 3.8) is 0 Å². The molecule has 1 aliphatic rings. The predicted molar refractivity (Wildman–Crippen MR) is 102 cm³/mol. The fourth-order valence-electron chi connectivity index (χ4n) is 3.44. The van der Waals surface area contributed by atoms with Gasteiger partial charge in [-0.3, -0.25) is 4.98 Å². The van der Waals surface area contributed by atoms with Gasteiger partial charge >= 0.3 is 0 Å². The zero-order valence-electron chi connectivity index (χ0n) is 15.1. The average molecular weight is 350 g/mol. The van der Waals surface area contributed by atoms with Crippen molar-refractivity contribution in [3.8, 4) is 5.75 Å². The molecule has 1 heterocycles. The summed E-state index contributed by atoms with van der Waals surface area (Å²) in [4.78, 5) is 4.11. The summed E-state index contributed by atoms with van der Waals surface area (Å²) in [7, 11) is 0. The van der Waals surface area contributed by atoms with E-state index >= 15 is 0 Å². The summed E-state index contributed by atoms with van der Waals surface area (Å²) >= 11 is 0. The summed E-state index contributed by atoms with van der Waals surface area (Å²) in [6, 6.07) is 11.8. The van der Waals surface area contributed by atoms with Gasteiger partial charge in [0.25, 0.3) is 0 Å². The predicted octanol–water partition coefficient (Wildman–Crippen LogP) is 4.69. The molecule has 0 spiro atoms. The number of hydrogen-bond acceptors (Lipinski definition) is 3. The van der Waals surface area contributed by atoms with Gasteiger partial charge in [0.05, 0.1) is 0 Å². The van der Waals surface area contributed by atoms with Crippen molar-refractivity contribution in [2.24, 2.45) is 0 Å². The molecule has 1 fully saturated rings. The fourth-order valence-corrected chi connectivity index (χ4v) is 3.44. The summed E-state index contributed by atoms with van der Waals surface area (Å²) in [6.07, 6.45) is 5.61. The molecule has 4 rings (SSSR count). The normalized spacial score (nSPS) is 19.3. The van der Waals surface area contributed by atoms with Crippen LogP contribution in [0, 0.1) is 19.7 Å². The van der Waals surface area contributed by atoms with E-state index in [0.717, 1.165) is 29.4 Å². The monoisotopic (exact) mass is 350 g/mol. The molecule has 26 heavy (non-hydrogen) atoms.